The van der Waals surface area contributed by atoms with Gasteiger partial charge in [0.1, 0.15) is 0 Å². The van der Waals surface area contributed by atoms with Crippen LogP contribution in [0.4, 0.5) is 0 Å². The van der Waals surface area contributed by atoms with Crippen molar-refractivity contribution in [2.24, 2.45) is 0 Å². The zero-order chi connectivity index (χ0) is 12.1. The molecular formula is C12H18N2O2S. The second kappa shape index (κ2) is 6.23. The van der Waals surface area contributed by atoms with E-state index in [2.05, 4.69) is 16.1 Å². The van der Waals surface area contributed by atoms with Gasteiger partial charge in [0.25, 0.3) is 0 Å². The van der Waals surface area contributed by atoms with Gasteiger partial charge >= 0.3 is 0 Å². The third kappa shape index (κ3) is 3.12. The van der Waals surface area contributed by atoms with Gasteiger partial charge in [-0.2, -0.15) is 0 Å². The van der Waals surface area contributed by atoms with E-state index in [0.717, 1.165) is 42.6 Å². The van der Waals surface area contributed by atoms with Gasteiger partial charge in [-0.05, 0) is 12.8 Å². The Morgan fingerprint density at radius 1 is 1.71 bits per heavy atom. The standard InChI is InChI=1S/C12H18N2O2S/c1-2-6-17-12-13-7-10(9-15)14(12)8-11-4-3-5-16-11/h2,7,11,15H,1,3-6,8-9H2. The monoisotopic (exact) mass is 254 g/mol. The molecule has 0 bridgehead atoms. The average molecular weight is 254 g/mol. The number of rotatable bonds is 6. The van der Waals surface area contributed by atoms with Crippen molar-refractivity contribution in [3.63, 3.8) is 0 Å². The van der Waals surface area contributed by atoms with Gasteiger partial charge in [-0.1, -0.05) is 17.8 Å². The molecule has 2 heterocycles. The van der Waals surface area contributed by atoms with Gasteiger partial charge < -0.3 is 14.4 Å². The molecule has 1 aromatic rings. The molecular weight excluding hydrogens is 236 g/mol. The highest BCUT2D eigenvalue weighted by Gasteiger charge is 2.19. The first-order valence-corrected chi connectivity index (χ1v) is 6.84. The van der Waals surface area contributed by atoms with Crippen molar-refractivity contribution >= 4 is 11.8 Å². The Bertz CT molecular complexity index is 373. The van der Waals surface area contributed by atoms with Crippen LogP contribution in [0.2, 0.25) is 0 Å². The maximum atomic E-state index is 9.30. The molecule has 1 saturated heterocycles. The number of aliphatic hydroxyl groups is 1. The van der Waals surface area contributed by atoms with Crippen molar-refractivity contribution in [1.29, 1.82) is 0 Å². The van der Waals surface area contributed by atoms with Crippen LogP contribution in [0, 0.1) is 0 Å². The molecule has 0 amide bonds. The van der Waals surface area contributed by atoms with Gasteiger partial charge in [0.2, 0.25) is 0 Å². The maximum Gasteiger partial charge on any atom is 0.168 e. The van der Waals surface area contributed by atoms with E-state index in [1.807, 2.05) is 6.08 Å². The summed E-state index contributed by atoms with van der Waals surface area (Å²) in [5.74, 6) is 0.827. The lowest BCUT2D eigenvalue weighted by molar-refractivity contribution is 0.0930. The van der Waals surface area contributed by atoms with E-state index in [-0.39, 0.29) is 12.7 Å². The maximum absolute atomic E-state index is 9.30. The van der Waals surface area contributed by atoms with E-state index >= 15 is 0 Å². The minimum atomic E-state index is 0.0222. The molecule has 0 aliphatic carbocycles. The lowest BCUT2D eigenvalue weighted by Crippen LogP contribution is -2.17. The Balaban J connectivity index is 2.09. The van der Waals surface area contributed by atoms with Gasteiger partial charge in [0, 0.05) is 12.4 Å². The summed E-state index contributed by atoms with van der Waals surface area (Å²) in [6, 6.07) is 0. The minimum absolute atomic E-state index is 0.0222. The topological polar surface area (TPSA) is 47.3 Å². The zero-order valence-electron chi connectivity index (χ0n) is 9.84. The Labute approximate surface area is 106 Å². The van der Waals surface area contributed by atoms with Gasteiger partial charge in [0.05, 0.1) is 31.1 Å². The highest BCUT2D eigenvalue weighted by Crippen LogP contribution is 2.22. The van der Waals surface area contributed by atoms with Crippen LogP contribution in [0.15, 0.2) is 24.0 Å². The Hall–Kier alpha value is -0.780. The number of nitrogens with zero attached hydrogens (tertiary/aromatic N) is 2. The first-order chi connectivity index (χ1) is 8.35. The summed E-state index contributed by atoms with van der Waals surface area (Å²) in [5, 5.41) is 10.2. The molecule has 1 atom stereocenters. The first kappa shape index (κ1) is 12.7. The highest BCUT2D eigenvalue weighted by atomic mass is 32.2. The molecule has 0 aromatic carbocycles. The molecule has 1 aliphatic rings. The first-order valence-electron chi connectivity index (χ1n) is 5.85. The second-order valence-corrected chi connectivity index (χ2v) is 5.02. The fourth-order valence-electron chi connectivity index (χ4n) is 1.95. The highest BCUT2D eigenvalue weighted by molar-refractivity contribution is 7.99. The summed E-state index contributed by atoms with van der Waals surface area (Å²) in [6.45, 7) is 5.36. The lowest BCUT2D eigenvalue weighted by Gasteiger charge is -2.14. The molecule has 1 aromatic heterocycles. The second-order valence-electron chi connectivity index (χ2n) is 4.04. The third-order valence-electron chi connectivity index (χ3n) is 2.80. The number of imidazole rings is 1. The van der Waals surface area contributed by atoms with Gasteiger partial charge in [0.15, 0.2) is 5.16 Å². The van der Waals surface area contributed by atoms with Crippen LogP contribution < -0.4 is 0 Å². The Morgan fingerprint density at radius 3 is 3.24 bits per heavy atom. The smallest absolute Gasteiger partial charge is 0.168 e. The zero-order valence-corrected chi connectivity index (χ0v) is 10.7. The van der Waals surface area contributed by atoms with E-state index in [1.54, 1.807) is 18.0 Å². The summed E-state index contributed by atoms with van der Waals surface area (Å²) in [5.41, 5.74) is 0.854. The number of hydrogen-bond donors (Lipinski definition) is 1. The van der Waals surface area contributed by atoms with Crippen LogP contribution in [0.3, 0.4) is 0 Å². The summed E-state index contributed by atoms with van der Waals surface area (Å²) >= 11 is 1.63. The third-order valence-corrected chi connectivity index (χ3v) is 3.79. The number of aliphatic hydroxyl groups excluding tert-OH is 1. The number of aromatic nitrogens is 2. The summed E-state index contributed by atoms with van der Waals surface area (Å²) in [4.78, 5) is 4.33. The Morgan fingerprint density at radius 2 is 2.59 bits per heavy atom. The quantitative estimate of drug-likeness (QED) is 0.621. The van der Waals surface area contributed by atoms with Crippen molar-refractivity contribution in [3.8, 4) is 0 Å². The van der Waals surface area contributed by atoms with Crippen LogP contribution >= 0.6 is 11.8 Å². The van der Waals surface area contributed by atoms with Gasteiger partial charge in [-0.25, -0.2) is 4.98 Å². The van der Waals surface area contributed by atoms with Crippen LogP contribution in [0.1, 0.15) is 18.5 Å². The van der Waals surface area contributed by atoms with Crippen molar-refractivity contribution in [3.05, 3.63) is 24.5 Å². The lowest BCUT2D eigenvalue weighted by atomic mass is 10.2. The van der Waals surface area contributed by atoms with E-state index in [1.165, 1.54) is 0 Å². The molecule has 5 heteroatoms. The molecule has 1 fully saturated rings. The van der Waals surface area contributed by atoms with E-state index < -0.39 is 0 Å². The summed E-state index contributed by atoms with van der Waals surface area (Å²) in [6.07, 6.45) is 6.07. The molecule has 0 saturated carbocycles. The van der Waals surface area contributed by atoms with Gasteiger partial charge in [-0.3, -0.25) is 0 Å². The van der Waals surface area contributed by atoms with E-state index in [9.17, 15) is 5.11 Å². The molecule has 0 spiro atoms. The van der Waals surface area contributed by atoms with E-state index in [4.69, 9.17) is 4.74 Å². The molecule has 1 N–H and O–H groups in total. The van der Waals surface area contributed by atoms with Crippen LogP contribution in [-0.4, -0.2) is 33.1 Å². The predicted octanol–water partition coefficient (Wildman–Crippen LogP) is 1.83. The number of hydrogen-bond acceptors (Lipinski definition) is 4. The fraction of sp³-hybridized carbons (Fsp3) is 0.583. The summed E-state index contributed by atoms with van der Waals surface area (Å²) in [7, 11) is 0. The number of ether oxygens (including phenoxy) is 1. The van der Waals surface area contributed by atoms with Crippen LogP contribution in [0.5, 0.6) is 0 Å². The number of thioether (sulfide) groups is 1. The molecule has 2 rings (SSSR count). The minimum Gasteiger partial charge on any atom is -0.390 e. The Kier molecular flexibility index (Phi) is 4.65. The molecule has 0 radical (unpaired) electrons. The largest absolute Gasteiger partial charge is 0.390 e. The van der Waals surface area contributed by atoms with Gasteiger partial charge in [-0.15, -0.1) is 6.58 Å². The molecule has 94 valence electrons. The average Bonchev–Trinajstić information content (AvgIpc) is 2.97. The molecule has 17 heavy (non-hydrogen) atoms. The van der Waals surface area contributed by atoms with Crippen molar-refractivity contribution < 1.29 is 9.84 Å². The molecule has 1 unspecified atom stereocenters. The predicted molar refractivity (Wildman–Crippen MR) is 68.0 cm³/mol. The van der Waals surface area contributed by atoms with E-state index in [0.29, 0.717) is 0 Å². The normalized spacial score (nSPS) is 19.7. The van der Waals surface area contributed by atoms with Crippen molar-refractivity contribution in [1.82, 2.24) is 9.55 Å². The van der Waals surface area contributed by atoms with Crippen molar-refractivity contribution in [2.45, 2.75) is 37.3 Å². The molecule has 1 aliphatic heterocycles. The molecule has 4 nitrogen and oxygen atoms in total. The summed E-state index contributed by atoms with van der Waals surface area (Å²) < 4.78 is 7.69. The fourth-order valence-corrected chi connectivity index (χ4v) is 2.70. The van der Waals surface area contributed by atoms with Crippen LogP contribution in [0.25, 0.3) is 0 Å². The van der Waals surface area contributed by atoms with Crippen LogP contribution in [-0.2, 0) is 17.9 Å². The SMILES string of the molecule is C=CCSc1ncc(CO)n1CC1CCCO1. The van der Waals surface area contributed by atoms with Crippen molar-refractivity contribution in [2.75, 3.05) is 12.4 Å².